The van der Waals surface area contributed by atoms with E-state index in [1.54, 1.807) is 0 Å². The largest absolute Gasteiger partial charge is 0.393 e. The Morgan fingerprint density at radius 2 is 1.20 bits per heavy atom. The van der Waals surface area contributed by atoms with Crippen molar-refractivity contribution in [2.75, 3.05) is 13.2 Å². The molecule has 0 bridgehead atoms. The van der Waals surface area contributed by atoms with Crippen LogP contribution in [0.5, 0.6) is 0 Å². The average Bonchev–Trinajstić information content (AvgIpc) is 2.27. The van der Waals surface area contributed by atoms with E-state index in [4.69, 9.17) is 8.85 Å². The maximum atomic E-state index is 5.75. The third-order valence-corrected chi connectivity index (χ3v) is 3.94. The minimum absolute atomic E-state index is 0.893. The minimum Gasteiger partial charge on any atom is -0.393 e. The Labute approximate surface area is 97.2 Å². The lowest BCUT2D eigenvalue weighted by Gasteiger charge is -2.13. The third kappa shape index (κ3) is 10.4. The zero-order valence-electron chi connectivity index (χ0n) is 10.7. The van der Waals surface area contributed by atoms with E-state index >= 15 is 0 Å². The monoisotopic (exact) mass is 231 g/mol. The smallest absolute Gasteiger partial charge is 0.384 e. The van der Waals surface area contributed by atoms with Gasteiger partial charge in [-0.15, -0.1) is 0 Å². The van der Waals surface area contributed by atoms with Gasteiger partial charge in [0.25, 0.3) is 0 Å². The van der Waals surface area contributed by atoms with Gasteiger partial charge in [0.05, 0.1) is 0 Å². The molecule has 0 aromatic carbocycles. The van der Waals surface area contributed by atoms with Gasteiger partial charge in [-0.2, -0.15) is 0 Å². The lowest BCUT2D eigenvalue weighted by atomic mass is 10.3. The molecule has 0 rings (SSSR count). The van der Waals surface area contributed by atoms with Gasteiger partial charge in [-0.3, -0.25) is 0 Å². The van der Waals surface area contributed by atoms with Crippen LogP contribution in [0.25, 0.3) is 0 Å². The molecule has 0 amide bonds. The lowest BCUT2D eigenvalue weighted by Crippen LogP contribution is -2.23. The molecule has 0 aromatic rings. The van der Waals surface area contributed by atoms with Crippen molar-refractivity contribution < 1.29 is 8.85 Å². The Morgan fingerprint density at radius 3 is 1.53 bits per heavy atom. The number of unbranched alkanes of at least 4 members (excludes halogenated alkanes) is 4. The van der Waals surface area contributed by atoms with E-state index in [2.05, 4.69) is 20.8 Å². The second-order valence-electron chi connectivity index (χ2n) is 3.84. The van der Waals surface area contributed by atoms with Gasteiger partial charge >= 0.3 is 9.28 Å². The van der Waals surface area contributed by atoms with E-state index in [0.717, 1.165) is 19.3 Å². The van der Waals surface area contributed by atoms with Crippen LogP contribution >= 0.6 is 0 Å². The Bertz CT molecular complexity index is 108. The molecule has 0 aliphatic rings. The van der Waals surface area contributed by atoms with E-state index in [1.165, 1.54) is 38.5 Å². The van der Waals surface area contributed by atoms with Crippen LogP contribution in [-0.4, -0.2) is 22.5 Å². The summed E-state index contributed by atoms with van der Waals surface area (Å²) in [6.07, 6.45) is 7.43. The highest BCUT2D eigenvalue weighted by molar-refractivity contribution is 6.44. The maximum absolute atomic E-state index is 5.75. The van der Waals surface area contributed by atoms with Crippen molar-refractivity contribution in [2.24, 2.45) is 0 Å². The van der Waals surface area contributed by atoms with Gasteiger partial charge in [0.15, 0.2) is 0 Å². The molecular weight excluding hydrogens is 204 g/mol. The molecule has 91 valence electrons. The second-order valence-corrected chi connectivity index (χ2v) is 5.87. The fourth-order valence-electron chi connectivity index (χ4n) is 1.32. The summed E-state index contributed by atoms with van der Waals surface area (Å²) in [5, 5.41) is 0. The molecule has 15 heavy (non-hydrogen) atoms. The van der Waals surface area contributed by atoms with Crippen LogP contribution in [0.1, 0.15) is 59.3 Å². The average molecular weight is 231 g/mol. The lowest BCUT2D eigenvalue weighted by molar-refractivity contribution is 0.191. The van der Waals surface area contributed by atoms with Gasteiger partial charge in [-0.25, -0.2) is 0 Å². The molecule has 0 aromatic heterocycles. The van der Waals surface area contributed by atoms with E-state index in [-0.39, 0.29) is 0 Å². The zero-order valence-corrected chi connectivity index (χ0v) is 11.7. The fourth-order valence-corrected chi connectivity index (χ4v) is 2.56. The minimum atomic E-state index is -0.945. The molecule has 0 saturated carbocycles. The third-order valence-electron chi connectivity index (χ3n) is 2.31. The first-order chi connectivity index (χ1) is 7.35. The molecule has 0 aliphatic carbocycles. The Morgan fingerprint density at radius 1 is 0.733 bits per heavy atom. The molecule has 1 radical (unpaired) electrons. The molecule has 0 heterocycles. The molecule has 2 nitrogen and oxygen atoms in total. The van der Waals surface area contributed by atoms with Gasteiger partial charge in [0, 0.05) is 13.2 Å². The first-order valence-electron chi connectivity index (χ1n) is 6.46. The maximum Gasteiger partial charge on any atom is 0.384 e. The van der Waals surface area contributed by atoms with Crippen molar-refractivity contribution in [1.29, 1.82) is 0 Å². The van der Waals surface area contributed by atoms with E-state index in [0.29, 0.717) is 0 Å². The summed E-state index contributed by atoms with van der Waals surface area (Å²) in [5.74, 6) is 0. The predicted molar refractivity (Wildman–Crippen MR) is 67.2 cm³/mol. The molecule has 0 unspecified atom stereocenters. The zero-order chi connectivity index (χ0) is 11.4. The SMILES string of the molecule is CCCCCO[Si](CC)OCCCCC. The van der Waals surface area contributed by atoms with Crippen LogP contribution in [-0.2, 0) is 8.85 Å². The number of hydrogen-bond acceptors (Lipinski definition) is 2. The standard InChI is InChI=1S/C12H27O2Si/c1-4-7-9-11-13-15(6-3)14-12-10-8-5-2/h4-12H2,1-3H3. The van der Waals surface area contributed by atoms with E-state index in [9.17, 15) is 0 Å². The highest BCUT2D eigenvalue weighted by atomic mass is 28.3. The van der Waals surface area contributed by atoms with Gasteiger partial charge in [0.1, 0.15) is 0 Å². The van der Waals surface area contributed by atoms with E-state index in [1.807, 2.05) is 0 Å². The predicted octanol–water partition coefficient (Wildman–Crippen LogP) is 3.91. The molecule has 0 fully saturated rings. The molecule has 0 saturated heterocycles. The Balaban J connectivity index is 3.29. The number of hydrogen-bond donors (Lipinski definition) is 0. The molecular formula is C12H27O2Si. The van der Waals surface area contributed by atoms with Crippen molar-refractivity contribution in [2.45, 2.75) is 65.3 Å². The van der Waals surface area contributed by atoms with Gasteiger partial charge < -0.3 is 8.85 Å². The topological polar surface area (TPSA) is 18.5 Å². The van der Waals surface area contributed by atoms with Crippen molar-refractivity contribution >= 4 is 9.28 Å². The summed E-state index contributed by atoms with van der Waals surface area (Å²) in [5.41, 5.74) is 0. The van der Waals surface area contributed by atoms with Crippen LogP contribution in [0.3, 0.4) is 0 Å². The normalized spacial score (nSPS) is 11.2. The molecule has 0 aliphatic heterocycles. The van der Waals surface area contributed by atoms with Gasteiger partial charge in [0.2, 0.25) is 0 Å². The first kappa shape index (κ1) is 15.1. The Kier molecular flexibility index (Phi) is 12.3. The van der Waals surface area contributed by atoms with Crippen LogP contribution in [0.4, 0.5) is 0 Å². The van der Waals surface area contributed by atoms with Crippen molar-refractivity contribution in [1.82, 2.24) is 0 Å². The Hall–Kier alpha value is 0.137. The first-order valence-corrected chi connectivity index (χ1v) is 7.98. The summed E-state index contributed by atoms with van der Waals surface area (Å²) in [4.78, 5) is 0. The number of rotatable bonds is 11. The molecule has 0 spiro atoms. The van der Waals surface area contributed by atoms with Crippen LogP contribution in [0, 0.1) is 0 Å². The van der Waals surface area contributed by atoms with Crippen molar-refractivity contribution in [3.8, 4) is 0 Å². The summed E-state index contributed by atoms with van der Waals surface area (Å²) in [6, 6.07) is 1.06. The van der Waals surface area contributed by atoms with Crippen LogP contribution in [0.15, 0.2) is 0 Å². The van der Waals surface area contributed by atoms with Gasteiger partial charge in [-0.1, -0.05) is 46.5 Å². The van der Waals surface area contributed by atoms with Crippen molar-refractivity contribution in [3.05, 3.63) is 0 Å². The fraction of sp³-hybridized carbons (Fsp3) is 1.00. The second kappa shape index (κ2) is 12.2. The van der Waals surface area contributed by atoms with Crippen LogP contribution in [0.2, 0.25) is 6.04 Å². The summed E-state index contributed by atoms with van der Waals surface area (Å²) >= 11 is 0. The van der Waals surface area contributed by atoms with Gasteiger partial charge in [-0.05, 0) is 18.9 Å². The summed E-state index contributed by atoms with van der Waals surface area (Å²) < 4.78 is 11.5. The summed E-state index contributed by atoms with van der Waals surface area (Å²) in [6.45, 7) is 8.38. The molecule has 0 atom stereocenters. The molecule has 3 heteroatoms. The quantitative estimate of drug-likeness (QED) is 0.396. The molecule has 0 N–H and O–H groups in total. The van der Waals surface area contributed by atoms with E-state index < -0.39 is 9.28 Å². The van der Waals surface area contributed by atoms with Crippen molar-refractivity contribution in [3.63, 3.8) is 0 Å². The highest BCUT2D eigenvalue weighted by Gasteiger charge is 2.11. The highest BCUT2D eigenvalue weighted by Crippen LogP contribution is 2.02. The summed E-state index contributed by atoms with van der Waals surface area (Å²) in [7, 11) is -0.945. The van der Waals surface area contributed by atoms with Crippen LogP contribution < -0.4 is 0 Å².